The number of carbonyl (C=O) groups excluding carboxylic acids is 2. The van der Waals surface area contributed by atoms with Crippen molar-refractivity contribution in [2.45, 2.75) is 32.9 Å². The second kappa shape index (κ2) is 6.03. The van der Waals surface area contributed by atoms with Gasteiger partial charge in [-0.15, -0.1) is 0 Å². The minimum atomic E-state index is -1.61. The number of fused-ring (bicyclic) bond motifs is 1. The summed E-state index contributed by atoms with van der Waals surface area (Å²) in [4.78, 5) is 27.0. The molecular weight excluding hydrogens is 308 g/mol. The summed E-state index contributed by atoms with van der Waals surface area (Å²) in [6.07, 6.45) is 0. The highest BCUT2D eigenvalue weighted by Crippen LogP contribution is 2.37. The maximum absolute atomic E-state index is 12.8. The Labute approximate surface area is 140 Å². The lowest BCUT2D eigenvalue weighted by Gasteiger charge is -2.39. The van der Waals surface area contributed by atoms with Crippen molar-refractivity contribution in [3.63, 3.8) is 0 Å². The van der Waals surface area contributed by atoms with Gasteiger partial charge in [-0.05, 0) is 45.0 Å². The van der Waals surface area contributed by atoms with E-state index in [1.165, 1.54) is 6.92 Å². The summed E-state index contributed by atoms with van der Waals surface area (Å²) >= 11 is 0. The van der Waals surface area contributed by atoms with Crippen LogP contribution in [0.25, 0.3) is 0 Å². The van der Waals surface area contributed by atoms with Gasteiger partial charge in [-0.1, -0.05) is 12.1 Å². The van der Waals surface area contributed by atoms with Crippen LogP contribution in [0.15, 0.2) is 40.8 Å². The lowest BCUT2D eigenvalue weighted by atomic mass is 10.00. The van der Waals surface area contributed by atoms with Crippen LogP contribution in [-0.4, -0.2) is 24.0 Å². The molecule has 126 valence electrons. The number of rotatable bonds is 4. The van der Waals surface area contributed by atoms with Crippen molar-refractivity contribution in [2.24, 2.45) is 0 Å². The van der Waals surface area contributed by atoms with Gasteiger partial charge in [-0.25, -0.2) is 0 Å². The van der Waals surface area contributed by atoms with Gasteiger partial charge in [0.2, 0.25) is 0 Å². The Hall–Kier alpha value is -2.76. The largest absolute Gasteiger partial charge is 0.466 e. The minimum Gasteiger partial charge on any atom is -0.466 e. The number of amides is 2. The van der Waals surface area contributed by atoms with Gasteiger partial charge >= 0.3 is 0 Å². The Bertz CT molecular complexity index is 783. The SMILES string of the molecule is CCN1C(=O)C(C)(C(=O)NCc2ccc(C)o2)Oc2ccccc21. The molecule has 0 radical (unpaired) electrons. The number of para-hydroxylation sites is 2. The molecule has 0 saturated heterocycles. The Morgan fingerprint density at radius 1 is 1.25 bits per heavy atom. The highest BCUT2D eigenvalue weighted by Gasteiger charge is 2.50. The molecule has 0 bridgehead atoms. The third-order valence-electron chi connectivity index (χ3n) is 4.09. The van der Waals surface area contributed by atoms with Crippen molar-refractivity contribution < 1.29 is 18.7 Å². The number of furan rings is 1. The maximum atomic E-state index is 12.8. The molecule has 2 heterocycles. The topological polar surface area (TPSA) is 71.8 Å². The van der Waals surface area contributed by atoms with Crippen LogP contribution in [0.2, 0.25) is 0 Å². The number of aryl methyl sites for hydroxylation is 1. The number of hydrogen-bond donors (Lipinski definition) is 1. The van der Waals surface area contributed by atoms with Crippen molar-refractivity contribution in [3.05, 3.63) is 47.9 Å². The molecule has 2 aromatic rings. The van der Waals surface area contributed by atoms with Crippen LogP contribution in [-0.2, 0) is 16.1 Å². The van der Waals surface area contributed by atoms with Gasteiger partial charge in [0.25, 0.3) is 17.4 Å². The molecule has 0 saturated carbocycles. The van der Waals surface area contributed by atoms with Gasteiger partial charge in [0, 0.05) is 6.54 Å². The van der Waals surface area contributed by atoms with E-state index in [1.54, 1.807) is 23.1 Å². The number of benzene rings is 1. The lowest BCUT2D eigenvalue weighted by Crippen LogP contribution is -2.62. The van der Waals surface area contributed by atoms with Crippen LogP contribution in [0.1, 0.15) is 25.4 Å². The number of nitrogens with one attached hydrogen (secondary N) is 1. The summed E-state index contributed by atoms with van der Waals surface area (Å²) in [5.74, 6) is 1.04. The van der Waals surface area contributed by atoms with E-state index in [1.807, 2.05) is 32.0 Å². The average Bonchev–Trinajstić information content (AvgIpc) is 2.99. The smallest absolute Gasteiger partial charge is 0.280 e. The van der Waals surface area contributed by atoms with E-state index in [-0.39, 0.29) is 12.5 Å². The number of ether oxygens (including phenoxy) is 1. The molecule has 1 aromatic carbocycles. The molecular formula is C18H20N2O4. The zero-order chi connectivity index (χ0) is 17.3. The van der Waals surface area contributed by atoms with E-state index in [4.69, 9.17) is 9.15 Å². The molecule has 2 amide bonds. The molecule has 24 heavy (non-hydrogen) atoms. The fraction of sp³-hybridized carbons (Fsp3) is 0.333. The quantitative estimate of drug-likeness (QED) is 0.875. The zero-order valence-electron chi connectivity index (χ0n) is 14.0. The van der Waals surface area contributed by atoms with Crippen LogP contribution >= 0.6 is 0 Å². The van der Waals surface area contributed by atoms with E-state index >= 15 is 0 Å². The van der Waals surface area contributed by atoms with Crippen LogP contribution in [0.5, 0.6) is 5.75 Å². The van der Waals surface area contributed by atoms with E-state index in [0.29, 0.717) is 23.7 Å². The highest BCUT2D eigenvalue weighted by molar-refractivity contribution is 6.16. The summed E-state index contributed by atoms with van der Waals surface area (Å²) in [5, 5.41) is 2.72. The molecule has 0 fully saturated rings. The number of hydrogen-bond acceptors (Lipinski definition) is 4. The Balaban J connectivity index is 1.83. The van der Waals surface area contributed by atoms with E-state index in [9.17, 15) is 9.59 Å². The molecule has 1 unspecified atom stereocenters. The van der Waals surface area contributed by atoms with Gasteiger partial charge in [0.15, 0.2) is 0 Å². The molecule has 6 nitrogen and oxygen atoms in total. The second-order valence-electron chi connectivity index (χ2n) is 5.85. The monoisotopic (exact) mass is 328 g/mol. The molecule has 0 spiro atoms. The average molecular weight is 328 g/mol. The number of nitrogens with zero attached hydrogens (tertiary/aromatic N) is 1. The first-order chi connectivity index (χ1) is 11.5. The van der Waals surface area contributed by atoms with Crippen LogP contribution < -0.4 is 15.0 Å². The van der Waals surface area contributed by atoms with Crippen molar-refractivity contribution in [3.8, 4) is 5.75 Å². The first kappa shape index (κ1) is 16.1. The predicted octanol–water partition coefficient (Wildman–Crippen LogP) is 2.41. The summed E-state index contributed by atoms with van der Waals surface area (Å²) in [5.41, 5.74) is -0.927. The minimum absolute atomic E-state index is 0.201. The summed E-state index contributed by atoms with van der Waals surface area (Å²) < 4.78 is 11.2. The Morgan fingerprint density at radius 2 is 2.00 bits per heavy atom. The highest BCUT2D eigenvalue weighted by atomic mass is 16.5. The van der Waals surface area contributed by atoms with Gasteiger partial charge in [0.1, 0.15) is 17.3 Å². The fourth-order valence-corrected chi connectivity index (χ4v) is 2.77. The van der Waals surface area contributed by atoms with E-state index in [0.717, 1.165) is 5.76 Å². The van der Waals surface area contributed by atoms with E-state index < -0.39 is 11.5 Å². The molecule has 0 aliphatic carbocycles. The Kier molecular flexibility index (Phi) is 4.05. The summed E-state index contributed by atoms with van der Waals surface area (Å²) in [7, 11) is 0. The zero-order valence-corrected chi connectivity index (χ0v) is 14.0. The van der Waals surface area contributed by atoms with Crippen LogP contribution in [0, 0.1) is 6.92 Å². The molecule has 1 N–H and O–H groups in total. The first-order valence-electron chi connectivity index (χ1n) is 7.89. The molecule has 6 heteroatoms. The molecule has 1 aliphatic rings. The third kappa shape index (κ3) is 2.64. The van der Waals surface area contributed by atoms with Crippen molar-refractivity contribution in [1.82, 2.24) is 5.32 Å². The van der Waals surface area contributed by atoms with Gasteiger partial charge < -0.3 is 19.4 Å². The molecule has 1 aliphatic heterocycles. The standard InChI is InChI=1S/C18H20N2O4/c1-4-20-14-7-5-6-8-15(14)24-18(3,17(20)22)16(21)19-11-13-10-9-12(2)23-13/h5-10H,4,11H2,1-3H3,(H,19,21). The van der Waals surface area contributed by atoms with Gasteiger partial charge in [-0.3, -0.25) is 9.59 Å². The molecule has 1 atom stereocenters. The number of anilines is 1. The predicted molar refractivity (Wildman–Crippen MR) is 88.8 cm³/mol. The summed E-state index contributed by atoms with van der Waals surface area (Å²) in [6.45, 7) is 5.85. The van der Waals surface area contributed by atoms with Crippen molar-refractivity contribution in [1.29, 1.82) is 0 Å². The molecule has 1 aromatic heterocycles. The normalized spacial score (nSPS) is 19.6. The van der Waals surface area contributed by atoms with Crippen molar-refractivity contribution in [2.75, 3.05) is 11.4 Å². The van der Waals surface area contributed by atoms with E-state index in [2.05, 4.69) is 5.32 Å². The molecule has 3 rings (SSSR count). The van der Waals surface area contributed by atoms with Crippen LogP contribution in [0.3, 0.4) is 0 Å². The second-order valence-corrected chi connectivity index (χ2v) is 5.85. The third-order valence-corrected chi connectivity index (χ3v) is 4.09. The van der Waals surface area contributed by atoms with Gasteiger partial charge in [0.05, 0.1) is 12.2 Å². The lowest BCUT2D eigenvalue weighted by molar-refractivity contribution is -0.148. The van der Waals surface area contributed by atoms with Gasteiger partial charge in [-0.2, -0.15) is 0 Å². The number of likely N-dealkylation sites (N-methyl/N-ethyl adjacent to an activating group) is 1. The summed E-state index contributed by atoms with van der Waals surface area (Å²) in [6, 6.07) is 10.8. The fourth-order valence-electron chi connectivity index (χ4n) is 2.77. The van der Waals surface area contributed by atoms with Crippen molar-refractivity contribution >= 4 is 17.5 Å². The van der Waals surface area contributed by atoms with Crippen LogP contribution in [0.4, 0.5) is 5.69 Å². The first-order valence-corrected chi connectivity index (χ1v) is 7.89. The number of carbonyl (C=O) groups is 2. The Morgan fingerprint density at radius 3 is 2.67 bits per heavy atom. The maximum Gasteiger partial charge on any atom is 0.280 e.